The molecule has 0 amide bonds. The highest BCUT2D eigenvalue weighted by Crippen LogP contribution is 2.14. The standard InChI is InChI=1S/C19H21NO2/c1-3-20-18-13-9-16(10-14-18)6-5-15-7-11-17(12-8-15)19(21)22-4-2/h7-14,19-21H,3-4H2,1-2H3. The fourth-order valence-electron chi connectivity index (χ4n) is 2.01. The van der Waals surface area contributed by atoms with E-state index in [9.17, 15) is 5.11 Å². The van der Waals surface area contributed by atoms with Gasteiger partial charge in [0.05, 0.1) is 0 Å². The smallest absolute Gasteiger partial charge is 0.181 e. The molecule has 2 aromatic rings. The summed E-state index contributed by atoms with van der Waals surface area (Å²) in [5.74, 6) is 6.25. The number of aliphatic hydroxyl groups excluding tert-OH is 1. The van der Waals surface area contributed by atoms with Crippen molar-refractivity contribution in [3.8, 4) is 11.8 Å². The summed E-state index contributed by atoms with van der Waals surface area (Å²) in [5, 5.41) is 13.0. The zero-order valence-corrected chi connectivity index (χ0v) is 13.0. The van der Waals surface area contributed by atoms with Crippen molar-refractivity contribution in [1.82, 2.24) is 0 Å². The molecule has 2 aromatic carbocycles. The van der Waals surface area contributed by atoms with Gasteiger partial charge in [0.2, 0.25) is 0 Å². The Labute approximate surface area is 131 Å². The van der Waals surface area contributed by atoms with Gasteiger partial charge < -0.3 is 15.2 Å². The molecule has 1 atom stereocenters. The minimum atomic E-state index is -0.870. The molecule has 0 bridgehead atoms. The van der Waals surface area contributed by atoms with Gasteiger partial charge in [0.1, 0.15) is 0 Å². The van der Waals surface area contributed by atoms with Gasteiger partial charge in [0.15, 0.2) is 6.29 Å². The van der Waals surface area contributed by atoms with E-state index in [2.05, 4.69) is 24.1 Å². The lowest BCUT2D eigenvalue weighted by Gasteiger charge is -2.10. The fraction of sp³-hybridized carbons (Fsp3) is 0.263. The fourth-order valence-corrected chi connectivity index (χ4v) is 2.01. The lowest BCUT2D eigenvalue weighted by molar-refractivity contribution is -0.0979. The molecule has 3 nitrogen and oxygen atoms in total. The largest absolute Gasteiger partial charge is 0.385 e. The molecule has 0 heterocycles. The molecule has 0 radical (unpaired) electrons. The van der Waals surface area contributed by atoms with Crippen molar-refractivity contribution < 1.29 is 9.84 Å². The first kappa shape index (κ1) is 16.1. The first-order valence-corrected chi connectivity index (χ1v) is 7.48. The first-order valence-electron chi connectivity index (χ1n) is 7.48. The number of aliphatic hydroxyl groups is 1. The van der Waals surface area contributed by atoms with Gasteiger partial charge in [-0.05, 0) is 50.2 Å². The average Bonchev–Trinajstić information content (AvgIpc) is 2.55. The van der Waals surface area contributed by atoms with Crippen molar-refractivity contribution in [3.63, 3.8) is 0 Å². The molecule has 2 N–H and O–H groups in total. The normalized spacial score (nSPS) is 11.4. The highest BCUT2D eigenvalue weighted by molar-refractivity contribution is 5.50. The molecule has 0 saturated heterocycles. The van der Waals surface area contributed by atoms with E-state index in [4.69, 9.17) is 4.74 Å². The van der Waals surface area contributed by atoms with E-state index in [-0.39, 0.29) is 0 Å². The van der Waals surface area contributed by atoms with Crippen molar-refractivity contribution in [2.75, 3.05) is 18.5 Å². The van der Waals surface area contributed by atoms with E-state index in [1.807, 2.05) is 55.5 Å². The van der Waals surface area contributed by atoms with Crippen LogP contribution in [0.1, 0.15) is 36.8 Å². The third kappa shape index (κ3) is 4.63. The van der Waals surface area contributed by atoms with Gasteiger partial charge in [-0.25, -0.2) is 0 Å². The minimum absolute atomic E-state index is 0.478. The first-order chi connectivity index (χ1) is 10.7. The van der Waals surface area contributed by atoms with Crippen LogP contribution < -0.4 is 5.32 Å². The molecular weight excluding hydrogens is 274 g/mol. The maximum Gasteiger partial charge on any atom is 0.181 e. The molecule has 2 rings (SSSR count). The Bertz CT molecular complexity index is 636. The van der Waals surface area contributed by atoms with Crippen molar-refractivity contribution in [3.05, 3.63) is 65.2 Å². The maximum atomic E-state index is 9.72. The highest BCUT2D eigenvalue weighted by Gasteiger charge is 2.05. The van der Waals surface area contributed by atoms with E-state index in [0.29, 0.717) is 6.61 Å². The summed E-state index contributed by atoms with van der Waals surface area (Å²) in [6.45, 7) is 5.31. The number of rotatable bonds is 5. The molecule has 0 saturated carbocycles. The highest BCUT2D eigenvalue weighted by atomic mass is 16.6. The molecule has 1 unspecified atom stereocenters. The van der Waals surface area contributed by atoms with Crippen molar-refractivity contribution >= 4 is 5.69 Å². The molecule has 0 aliphatic carbocycles. The molecule has 0 fully saturated rings. The lowest BCUT2D eigenvalue weighted by Crippen LogP contribution is -2.02. The van der Waals surface area contributed by atoms with Crippen LogP contribution in [0.3, 0.4) is 0 Å². The van der Waals surface area contributed by atoms with E-state index < -0.39 is 6.29 Å². The summed E-state index contributed by atoms with van der Waals surface area (Å²) in [7, 11) is 0. The number of anilines is 1. The van der Waals surface area contributed by atoms with Crippen molar-refractivity contribution in [1.29, 1.82) is 0 Å². The van der Waals surface area contributed by atoms with Gasteiger partial charge in [0.25, 0.3) is 0 Å². The number of hydrogen-bond acceptors (Lipinski definition) is 3. The average molecular weight is 295 g/mol. The topological polar surface area (TPSA) is 41.5 Å². The van der Waals surface area contributed by atoms with E-state index in [0.717, 1.165) is 28.9 Å². The number of ether oxygens (including phenoxy) is 1. The van der Waals surface area contributed by atoms with E-state index >= 15 is 0 Å². The summed E-state index contributed by atoms with van der Waals surface area (Å²) in [4.78, 5) is 0. The van der Waals surface area contributed by atoms with E-state index in [1.165, 1.54) is 0 Å². The molecule has 0 aromatic heterocycles. The summed E-state index contributed by atoms with van der Waals surface area (Å²) >= 11 is 0. The molecule has 3 heteroatoms. The Morgan fingerprint density at radius 2 is 1.50 bits per heavy atom. The van der Waals surface area contributed by atoms with Crippen LogP contribution in [0.25, 0.3) is 0 Å². The predicted octanol–water partition coefficient (Wildman–Crippen LogP) is 3.55. The van der Waals surface area contributed by atoms with Gasteiger partial charge in [-0.15, -0.1) is 0 Å². The minimum Gasteiger partial charge on any atom is -0.385 e. The van der Waals surface area contributed by atoms with E-state index in [1.54, 1.807) is 0 Å². The van der Waals surface area contributed by atoms with Crippen molar-refractivity contribution in [2.24, 2.45) is 0 Å². The second-order valence-corrected chi connectivity index (χ2v) is 4.79. The molecule has 0 spiro atoms. The Hall–Kier alpha value is -2.28. The van der Waals surface area contributed by atoms with Crippen LogP contribution in [0.5, 0.6) is 0 Å². The quantitative estimate of drug-likeness (QED) is 0.655. The summed E-state index contributed by atoms with van der Waals surface area (Å²) in [6, 6.07) is 15.5. The second kappa shape index (κ2) is 8.23. The van der Waals surface area contributed by atoms with Gasteiger partial charge in [-0.2, -0.15) is 0 Å². The molecule has 0 aliphatic heterocycles. The van der Waals surface area contributed by atoms with Crippen LogP contribution in [-0.2, 0) is 4.74 Å². The second-order valence-electron chi connectivity index (χ2n) is 4.79. The molecule has 114 valence electrons. The molecule has 22 heavy (non-hydrogen) atoms. The third-order valence-electron chi connectivity index (χ3n) is 3.14. The monoisotopic (exact) mass is 295 g/mol. The van der Waals surface area contributed by atoms with Crippen LogP contribution in [-0.4, -0.2) is 18.3 Å². The van der Waals surface area contributed by atoms with Crippen LogP contribution in [0.15, 0.2) is 48.5 Å². The maximum absolute atomic E-state index is 9.72. The zero-order valence-electron chi connectivity index (χ0n) is 13.0. The SMILES string of the molecule is CCNc1ccc(C#Cc2ccc(C(O)OCC)cc2)cc1. The van der Waals surface area contributed by atoms with Gasteiger partial charge in [-0.3, -0.25) is 0 Å². The Morgan fingerprint density at radius 1 is 0.955 bits per heavy atom. The van der Waals surface area contributed by atoms with Crippen LogP contribution in [0.4, 0.5) is 5.69 Å². The van der Waals surface area contributed by atoms with Crippen molar-refractivity contribution in [2.45, 2.75) is 20.1 Å². The van der Waals surface area contributed by atoms with Crippen LogP contribution in [0, 0.1) is 11.8 Å². The lowest BCUT2D eigenvalue weighted by atomic mass is 10.1. The Balaban J connectivity index is 2.04. The van der Waals surface area contributed by atoms with Crippen LogP contribution in [0.2, 0.25) is 0 Å². The summed E-state index contributed by atoms with van der Waals surface area (Å²) < 4.78 is 5.14. The van der Waals surface area contributed by atoms with Gasteiger partial charge >= 0.3 is 0 Å². The Morgan fingerprint density at radius 3 is 2.00 bits per heavy atom. The zero-order chi connectivity index (χ0) is 15.8. The van der Waals surface area contributed by atoms with Gasteiger partial charge in [-0.1, -0.05) is 24.0 Å². The molecule has 0 aliphatic rings. The number of hydrogen-bond donors (Lipinski definition) is 2. The van der Waals surface area contributed by atoms with Crippen LogP contribution >= 0.6 is 0 Å². The molecular formula is C19H21NO2. The number of nitrogens with one attached hydrogen (secondary N) is 1. The van der Waals surface area contributed by atoms with Gasteiger partial charge in [0, 0.05) is 35.5 Å². The third-order valence-corrected chi connectivity index (χ3v) is 3.14. The Kier molecular flexibility index (Phi) is 6.02. The predicted molar refractivity (Wildman–Crippen MR) is 89.6 cm³/mol. The summed E-state index contributed by atoms with van der Waals surface area (Å²) in [5.41, 5.74) is 3.72. The number of benzene rings is 2. The summed E-state index contributed by atoms with van der Waals surface area (Å²) in [6.07, 6.45) is -0.870.